The summed E-state index contributed by atoms with van der Waals surface area (Å²) >= 11 is 0. The fraction of sp³-hybridized carbons (Fsp3) is 0.250. The third kappa shape index (κ3) is 3.48. The molecule has 16 heavy (non-hydrogen) atoms. The van der Waals surface area contributed by atoms with Crippen molar-refractivity contribution in [1.82, 2.24) is 4.98 Å². The number of hydrogen-bond acceptors (Lipinski definition) is 6. The largest absolute Gasteiger partial charge is 0.479 e. The molecule has 1 aromatic rings. The summed E-state index contributed by atoms with van der Waals surface area (Å²) in [7, 11) is -3.44. The average molecular weight is 246 g/mol. The zero-order chi connectivity index (χ0) is 12.2. The van der Waals surface area contributed by atoms with E-state index in [4.69, 9.17) is 5.11 Å². The summed E-state index contributed by atoms with van der Waals surface area (Å²) in [6, 6.07) is 2.80. The monoisotopic (exact) mass is 246 g/mol. The molecule has 1 rings (SSSR count). The van der Waals surface area contributed by atoms with Crippen molar-refractivity contribution in [2.24, 2.45) is 0 Å². The van der Waals surface area contributed by atoms with Gasteiger partial charge in [-0.05, 0) is 12.1 Å². The molecule has 0 spiro atoms. The van der Waals surface area contributed by atoms with Crippen molar-refractivity contribution >= 4 is 21.6 Å². The Balaban J connectivity index is 2.84. The first kappa shape index (κ1) is 12.4. The molecule has 0 aliphatic heterocycles. The average Bonchev–Trinajstić information content (AvgIpc) is 2.16. The molecule has 0 saturated heterocycles. The van der Waals surface area contributed by atoms with Crippen molar-refractivity contribution in [1.29, 1.82) is 0 Å². The summed E-state index contributed by atoms with van der Waals surface area (Å²) < 4.78 is 22.6. The maximum atomic E-state index is 11.3. The van der Waals surface area contributed by atoms with Gasteiger partial charge >= 0.3 is 5.97 Å². The van der Waals surface area contributed by atoms with Gasteiger partial charge in [0.2, 0.25) is 0 Å². The van der Waals surface area contributed by atoms with E-state index in [9.17, 15) is 13.2 Å². The smallest absolute Gasteiger partial charge is 0.332 e. The van der Waals surface area contributed by atoms with E-state index < -0.39 is 22.4 Å². The number of carbonyl (C=O) groups is 1. The van der Waals surface area contributed by atoms with Crippen LogP contribution in [0.1, 0.15) is 0 Å². The van der Waals surface area contributed by atoms with Gasteiger partial charge in [0.15, 0.2) is 22.3 Å². The van der Waals surface area contributed by atoms with Crippen LogP contribution in [0.25, 0.3) is 0 Å². The van der Waals surface area contributed by atoms with E-state index in [0.717, 1.165) is 6.26 Å². The predicted octanol–water partition coefficient (Wildman–Crippen LogP) is -0.0868. The molecule has 8 heteroatoms. The lowest BCUT2D eigenvalue weighted by Crippen LogP contribution is -2.14. The molecule has 0 aliphatic carbocycles. The Kier molecular flexibility index (Phi) is 3.80. The van der Waals surface area contributed by atoms with Gasteiger partial charge in [-0.25, -0.2) is 23.7 Å². The van der Waals surface area contributed by atoms with Gasteiger partial charge in [-0.15, -0.1) is 0 Å². The SMILES string of the molecule is CS(=O)(=O)c1cccnc1NOCC(=O)O. The van der Waals surface area contributed by atoms with Crippen molar-refractivity contribution in [3.63, 3.8) is 0 Å². The van der Waals surface area contributed by atoms with E-state index in [1.54, 1.807) is 0 Å². The molecule has 0 bridgehead atoms. The number of pyridine rings is 1. The number of aliphatic carboxylic acids is 1. The number of rotatable bonds is 5. The molecule has 0 atom stereocenters. The molecule has 0 fully saturated rings. The summed E-state index contributed by atoms with van der Waals surface area (Å²) in [5, 5.41) is 8.32. The molecule has 0 unspecified atom stereocenters. The lowest BCUT2D eigenvalue weighted by atomic mass is 10.5. The fourth-order valence-electron chi connectivity index (χ4n) is 0.933. The molecule has 88 valence electrons. The summed E-state index contributed by atoms with van der Waals surface area (Å²) in [6.45, 7) is -0.597. The number of sulfone groups is 1. The van der Waals surface area contributed by atoms with E-state index in [1.807, 2.05) is 0 Å². The van der Waals surface area contributed by atoms with Crippen molar-refractivity contribution < 1.29 is 23.2 Å². The van der Waals surface area contributed by atoms with Gasteiger partial charge in [0, 0.05) is 12.5 Å². The molecule has 0 radical (unpaired) electrons. The van der Waals surface area contributed by atoms with Crippen molar-refractivity contribution in [2.75, 3.05) is 18.3 Å². The number of anilines is 1. The maximum absolute atomic E-state index is 11.3. The second-order valence-electron chi connectivity index (χ2n) is 2.91. The minimum atomic E-state index is -3.44. The molecule has 0 amide bonds. The van der Waals surface area contributed by atoms with E-state index >= 15 is 0 Å². The van der Waals surface area contributed by atoms with Crippen LogP contribution in [0.5, 0.6) is 0 Å². The Morgan fingerprint density at radius 3 is 2.88 bits per heavy atom. The molecule has 7 nitrogen and oxygen atoms in total. The molecule has 1 aromatic heterocycles. The number of nitrogens with zero attached hydrogens (tertiary/aromatic N) is 1. The van der Waals surface area contributed by atoms with Gasteiger partial charge in [0.25, 0.3) is 0 Å². The first-order valence-corrected chi connectivity index (χ1v) is 6.05. The third-order valence-electron chi connectivity index (χ3n) is 1.53. The van der Waals surface area contributed by atoms with E-state index in [1.165, 1.54) is 18.3 Å². The lowest BCUT2D eigenvalue weighted by Gasteiger charge is -2.07. The van der Waals surface area contributed by atoms with Crippen LogP contribution < -0.4 is 5.48 Å². The minimum absolute atomic E-state index is 0.0359. The topological polar surface area (TPSA) is 106 Å². The Morgan fingerprint density at radius 2 is 2.31 bits per heavy atom. The standard InChI is InChI=1S/C8H10N2O5S/c1-16(13,14)6-3-2-4-9-8(6)10-15-5-7(11)12/h2-4H,5H2,1H3,(H,9,10)(H,11,12). The van der Waals surface area contributed by atoms with E-state index in [-0.39, 0.29) is 10.7 Å². The van der Waals surface area contributed by atoms with Crippen LogP contribution in [-0.2, 0) is 19.5 Å². The normalized spacial score (nSPS) is 11.1. The Morgan fingerprint density at radius 1 is 1.62 bits per heavy atom. The summed E-state index contributed by atoms with van der Waals surface area (Å²) in [5.74, 6) is -1.21. The van der Waals surface area contributed by atoms with Crippen LogP contribution in [0.15, 0.2) is 23.2 Å². The minimum Gasteiger partial charge on any atom is -0.479 e. The quantitative estimate of drug-likeness (QED) is 0.699. The van der Waals surface area contributed by atoms with Gasteiger partial charge in [-0.3, -0.25) is 4.84 Å². The maximum Gasteiger partial charge on any atom is 0.332 e. The van der Waals surface area contributed by atoms with Crippen LogP contribution in [0.3, 0.4) is 0 Å². The van der Waals surface area contributed by atoms with E-state index in [0.29, 0.717) is 0 Å². The van der Waals surface area contributed by atoms with Crippen LogP contribution in [0.2, 0.25) is 0 Å². The zero-order valence-electron chi connectivity index (χ0n) is 8.37. The fourth-order valence-corrected chi connectivity index (χ4v) is 1.70. The Hall–Kier alpha value is -1.67. The zero-order valence-corrected chi connectivity index (χ0v) is 9.19. The van der Waals surface area contributed by atoms with E-state index in [2.05, 4.69) is 15.3 Å². The van der Waals surface area contributed by atoms with Crippen LogP contribution in [-0.4, -0.2) is 37.3 Å². The number of hydrogen-bond donors (Lipinski definition) is 2. The second-order valence-corrected chi connectivity index (χ2v) is 4.89. The van der Waals surface area contributed by atoms with Crippen LogP contribution in [0, 0.1) is 0 Å². The van der Waals surface area contributed by atoms with Gasteiger partial charge < -0.3 is 5.11 Å². The first-order chi connectivity index (χ1) is 7.41. The van der Waals surface area contributed by atoms with Gasteiger partial charge in [-0.2, -0.15) is 0 Å². The summed E-state index contributed by atoms with van der Waals surface area (Å²) in [6.07, 6.45) is 2.38. The Labute approximate surface area is 91.9 Å². The molecular weight excluding hydrogens is 236 g/mol. The van der Waals surface area contributed by atoms with Gasteiger partial charge in [-0.1, -0.05) is 0 Å². The predicted molar refractivity (Wildman–Crippen MR) is 54.6 cm³/mol. The van der Waals surface area contributed by atoms with Gasteiger partial charge in [0.05, 0.1) is 0 Å². The highest BCUT2D eigenvalue weighted by atomic mass is 32.2. The molecule has 1 heterocycles. The van der Waals surface area contributed by atoms with Crippen molar-refractivity contribution in [2.45, 2.75) is 4.90 Å². The second kappa shape index (κ2) is 4.90. The summed E-state index contributed by atoms with van der Waals surface area (Å²) in [4.78, 5) is 18.4. The lowest BCUT2D eigenvalue weighted by molar-refractivity contribution is -0.141. The van der Waals surface area contributed by atoms with Crippen LogP contribution >= 0.6 is 0 Å². The molecular formula is C8H10N2O5S. The van der Waals surface area contributed by atoms with Gasteiger partial charge in [0.1, 0.15) is 4.90 Å². The number of nitrogens with one attached hydrogen (secondary N) is 1. The first-order valence-electron chi connectivity index (χ1n) is 4.16. The highest BCUT2D eigenvalue weighted by Crippen LogP contribution is 2.17. The van der Waals surface area contributed by atoms with Crippen molar-refractivity contribution in [3.8, 4) is 0 Å². The molecule has 2 N–H and O–H groups in total. The molecule has 0 aliphatic rings. The highest BCUT2D eigenvalue weighted by molar-refractivity contribution is 7.90. The molecule has 0 saturated carbocycles. The third-order valence-corrected chi connectivity index (χ3v) is 2.66. The highest BCUT2D eigenvalue weighted by Gasteiger charge is 2.13. The Bertz CT molecular complexity index is 485. The summed E-state index contributed by atoms with van der Waals surface area (Å²) in [5.41, 5.74) is 2.18. The number of aromatic nitrogens is 1. The van der Waals surface area contributed by atoms with Crippen molar-refractivity contribution in [3.05, 3.63) is 18.3 Å². The molecule has 0 aromatic carbocycles. The van der Waals surface area contributed by atoms with Crippen LogP contribution in [0.4, 0.5) is 5.82 Å². The number of carboxylic acid groups (broad SMARTS) is 1. The number of carboxylic acids is 1.